The van der Waals surface area contributed by atoms with Gasteiger partial charge >= 0.3 is 5.97 Å². The molecular formula is C44H77N3O16. The molecule has 15 atom stereocenters. The fourth-order valence-electron chi connectivity index (χ4n) is 9.05. The van der Waals surface area contributed by atoms with Gasteiger partial charge in [0.15, 0.2) is 18.7 Å². The number of hydrogen-bond donors (Lipinski definition) is 9. The van der Waals surface area contributed by atoms with Crippen LogP contribution >= 0.6 is 0 Å². The molecule has 0 bridgehead atoms. The lowest BCUT2D eigenvalue weighted by atomic mass is 9.75. The summed E-state index contributed by atoms with van der Waals surface area (Å²) >= 11 is 0. The van der Waals surface area contributed by atoms with Crippen LogP contribution in [0.1, 0.15) is 120 Å². The van der Waals surface area contributed by atoms with Crippen molar-refractivity contribution in [2.24, 2.45) is 23.2 Å². The molecular weight excluding hydrogens is 826 g/mol. The number of carbonyl (C=O) groups is 4. The SMILES string of the molecule is CC[C@@H]1CC(C(=O)NCCNC(=O)C(C)(C)CCOC(C)(C)C)CC(O[C@@H]2O[C@@H](CO)C(O)C(O[C@@H](CC3CCCCC3)C(=O)O)C2NC(C)=O)C1OC1OC(C)C(O)C(O)C1O. The second-order valence-electron chi connectivity index (χ2n) is 19.5. The molecule has 0 spiro atoms. The molecule has 0 aromatic rings. The molecule has 0 aromatic carbocycles. The number of aliphatic hydroxyl groups excluding tert-OH is 5. The Kier molecular flexibility index (Phi) is 20.0. The van der Waals surface area contributed by atoms with E-state index in [0.717, 1.165) is 32.1 Å². The van der Waals surface area contributed by atoms with Crippen LogP contribution in [-0.4, -0.2) is 166 Å². The topological polar surface area (TPSA) is 281 Å². The van der Waals surface area contributed by atoms with Gasteiger partial charge in [0.05, 0.1) is 30.5 Å². The third kappa shape index (κ3) is 15.0. The van der Waals surface area contributed by atoms with Crippen LogP contribution in [0.2, 0.25) is 0 Å². The van der Waals surface area contributed by atoms with Crippen LogP contribution in [0, 0.1) is 23.2 Å². The highest BCUT2D eigenvalue weighted by Crippen LogP contribution is 2.40. The monoisotopic (exact) mass is 904 g/mol. The summed E-state index contributed by atoms with van der Waals surface area (Å²) in [6, 6.07) is -1.31. The van der Waals surface area contributed by atoms with E-state index in [-0.39, 0.29) is 55.7 Å². The number of carbonyl (C=O) groups excluding carboxylic acids is 3. The number of ether oxygens (including phenoxy) is 6. The predicted molar refractivity (Wildman–Crippen MR) is 226 cm³/mol. The van der Waals surface area contributed by atoms with Gasteiger partial charge < -0.3 is 75.0 Å². The van der Waals surface area contributed by atoms with Gasteiger partial charge in [-0.25, -0.2) is 4.79 Å². The first-order valence-corrected chi connectivity index (χ1v) is 22.9. The lowest BCUT2D eigenvalue weighted by molar-refractivity contribution is -0.338. The van der Waals surface area contributed by atoms with Crippen molar-refractivity contribution in [1.29, 1.82) is 0 Å². The summed E-state index contributed by atoms with van der Waals surface area (Å²) in [7, 11) is 0. The second kappa shape index (κ2) is 23.8. The standard InChI is InChI=1S/C44H77N3O16/c1-9-26-20-27(38(54)45-16-17-46-42(57)44(7,8)15-18-58-43(4,5)6)21-28(36(26)63-41-35(53)34(52)32(50)23(2)59-41)61-40-31(47-24(3)49)37(33(51)30(22-48)62-40)60-29(39(55)56)19-25-13-11-10-12-14-25/h23,25-37,40-41,48,50-53H,9-22H2,1-8H3,(H,45,54)(H,46,57)(H,47,49)(H,55,56)/t23?,26-,27?,28?,29+,30+,31?,32?,33?,34?,35?,36?,37?,40-,41?/m1/s1. The number of amides is 3. The van der Waals surface area contributed by atoms with Gasteiger partial charge in [-0.05, 0) is 65.2 Å². The number of nitrogens with one attached hydrogen (secondary N) is 3. The summed E-state index contributed by atoms with van der Waals surface area (Å²) in [5.41, 5.74) is -1.06. The highest BCUT2D eigenvalue weighted by Gasteiger charge is 2.53. The van der Waals surface area contributed by atoms with Crippen LogP contribution in [-0.2, 0) is 47.6 Å². The third-order valence-electron chi connectivity index (χ3n) is 12.9. The summed E-state index contributed by atoms with van der Waals surface area (Å²) in [4.78, 5) is 52.3. The van der Waals surface area contributed by atoms with Crippen molar-refractivity contribution in [3.8, 4) is 0 Å². The molecule has 19 heteroatoms. The van der Waals surface area contributed by atoms with Crippen LogP contribution in [0.3, 0.4) is 0 Å². The molecule has 19 nitrogen and oxygen atoms in total. The number of rotatable bonds is 20. The minimum atomic E-state index is -1.66. The van der Waals surface area contributed by atoms with Gasteiger partial charge in [-0.2, -0.15) is 0 Å². The Balaban J connectivity index is 1.58. The molecule has 2 heterocycles. The van der Waals surface area contributed by atoms with E-state index < -0.39 is 115 Å². The summed E-state index contributed by atoms with van der Waals surface area (Å²) in [5.74, 6) is -3.41. The first-order chi connectivity index (χ1) is 29.6. The van der Waals surface area contributed by atoms with Crippen molar-refractivity contribution in [2.75, 3.05) is 26.3 Å². The van der Waals surface area contributed by atoms with Gasteiger partial charge in [-0.15, -0.1) is 0 Å². The van der Waals surface area contributed by atoms with Crippen LogP contribution < -0.4 is 16.0 Å². The first kappa shape index (κ1) is 53.1. The van der Waals surface area contributed by atoms with Gasteiger partial charge in [-0.3, -0.25) is 14.4 Å². The Labute approximate surface area is 371 Å². The zero-order valence-electron chi connectivity index (χ0n) is 38.4. The fraction of sp³-hybridized carbons (Fsp3) is 0.909. The van der Waals surface area contributed by atoms with Crippen molar-refractivity contribution >= 4 is 23.7 Å². The summed E-state index contributed by atoms with van der Waals surface area (Å²) < 4.78 is 37.0. The average Bonchev–Trinajstić information content (AvgIpc) is 3.22. The highest BCUT2D eigenvalue weighted by atomic mass is 16.7. The number of hydrogen-bond acceptors (Lipinski definition) is 15. The molecule has 4 fully saturated rings. The molecule has 9 N–H and O–H groups in total. The summed E-state index contributed by atoms with van der Waals surface area (Å²) in [6.07, 6.45) is -10.2. The molecule has 4 rings (SSSR count). The maximum atomic E-state index is 13.9. The Morgan fingerprint density at radius 2 is 1.49 bits per heavy atom. The van der Waals surface area contributed by atoms with Gasteiger partial charge in [0.1, 0.15) is 42.7 Å². The highest BCUT2D eigenvalue weighted by molar-refractivity contribution is 5.82. The molecule has 364 valence electrons. The van der Waals surface area contributed by atoms with Crippen molar-refractivity contribution in [2.45, 2.75) is 205 Å². The summed E-state index contributed by atoms with van der Waals surface area (Å²) in [6.45, 7) is 14.1. The van der Waals surface area contributed by atoms with E-state index in [1.54, 1.807) is 0 Å². The number of aliphatic carboxylic acids is 1. The van der Waals surface area contributed by atoms with Crippen LogP contribution in [0.4, 0.5) is 0 Å². The van der Waals surface area contributed by atoms with E-state index in [1.165, 1.54) is 13.8 Å². The smallest absolute Gasteiger partial charge is 0.332 e. The van der Waals surface area contributed by atoms with E-state index in [1.807, 2.05) is 41.5 Å². The summed E-state index contributed by atoms with van der Waals surface area (Å²) in [5, 5.41) is 72.6. The normalized spacial score (nSPS) is 35.1. The van der Waals surface area contributed by atoms with Gasteiger partial charge in [0, 0.05) is 38.0 Å². The van der Waals surface area contributed by atoms with E-state index >= 15 is 0 Å². The molecule has 3 amide bonds. The van der Waals surface area contributed by atoms with Gasteiger partial charge in [0.25, 0.3) is 0 Å². The van der Waals surface area contributed by atoms with Crippen molar-refractivity contribution in [3.63, 3.8) is 0 Å². The van der Waals surface area contributed by atoms with Gasteiger partial charge in [-0.1, -0.05) is 59.3 Å². The minimum Gasteiger partial charge on any atom is -0.479 e. The molecule has 63 heavy (non-hydrogen) atoms. The predicted octanol–water partition coefficient (Wildman–Crippen LogP) is 0.876. The van der Waals surface area contributed by atoms with Gasteiger partial charge in [0.2, 0.25) is 17.7 Å². The Hall–Kier alpha value is -2.56. The third-order valence-corrected chi connectivity index (χ3v) is 12.9. The van der Waals surface area contributed by atoms with Crippen LogP contribution in [0.25, 0.3) is 0 Å². The maximum Gasteiger partial charge on any atom is 0.332 e. The second-order valence-corrected chi connectivity index (χ2v) is 19.5. The lowest BCUT2D eigenvalue weighted by Gasteiger charge is -2.49. The van der Waals surface area contributed by atoms with Crippen molar-refractivity contribution in [3.05, 3.63) is 0 Å². The maximum absolute atomic E-state index is 13.9. The Bertz CT molecular complexity index is 1470. The van der Waals surface area contributed by atoms with Crippen molar-refractivity contribution < 1.29 is 78.2 Å². The molecule has 2 saturated heterocycles. The zero-order valence-corrected chi connectivity index (χ0v) is 38.4. The van der Waals surface area contributed by atoms with E-state index in [9.17, 15) is 49.8 Å². The average molecular weight is 904 g/mol. The Morgan fingerprint density at radius 1 is 0.825 bits per heavy atom. The quantitative estimate of drug-likeness (QED) is 0.0767. The largest absolute Gasteiger partial charge is 0.479 e. The van der Waals surface area contributed by atoms with Crippen LogP contribution in [0.5, 0.6) is 0 Å². The number of carboxylic acid groups (broad SMARTS) is 1. The van der Waals surface area contributed by atoms with E-state index in [4.69, 9.17) is 28.4 Å². The van der Waals surface area contributed by atoms with Crippen molar-refractivity contribution in [1.82, 2.24) is 16.0 Å². The molecule has 2 aliphatic carbocycles. The first-order valence-electron chi connectivity index (χ1n) is 22.9. The molecule has 2 aliphatic heterocycles. The lowest BCUT2D eigenvalue weighted by Crippen LogP contribution is -2.67. The Morgan fingerprint density at radius 3 is 2.10 bits per heavy atom. The zero-order chi connectivity index (χ0) is 46.8. The molecule has 2 saturated carbocycles. The number of carboxylic acids is 1. The van der Waals surface area contributed by atoms with E-state index in [0.29, 0.717) is 19.4 Å². The molecule has 0 aromatic heterocycles. The molecule has 4 aliphatic rings. The minimum absolute atomic E-state index is 0.00628. The number of aliphatic hydroxyl groups is 5. The molecule has 0 radical (unpaired) electrons. The van der Waals surface area contributed by atoms with E-state index in [2.05, 4.69) is 16.0 Å². The molecule has 11 unspecified atom stereocenters. The van der Waals surface area contributed by atoms with Crippen LogP contribution in [0.15, 0.2) is 0 Å². The fourth-order valence-corrected chi connectivity index (χ4v) is 9.05.